The maximum atomic E-state index is 11.9. The van der Waals surface area contributed by atoms with Crippen LogP contribution in [0.25, 0.3) is 0 Å². The lowest BCUT2D eigenvalue weighted by atomic mass is 10.2. The van der Waals surface area contributed by atoms with E-state index in [2.05, 4.69) is 10.1 Å². The van der Waals surface area contributed by atoms with E-state index >= 15 is 0 Å². The molecule has 0 amide bonds. The fourth-order valence-corrected chi connectivity index (χ4v) is 1.34. The van der Waals surface area contributed by atoms with Gasteiger partial charge in [0, 0.05) is 12.5 Å². The molecule has 6 nitrogen and oxygen atoms in total. The second-order valence-electron chi connectivity index (χ2n) is 4.96. The first-order chi connectivity index (χ1) is 8.73. The first-order valence-electron chi connectivity index (χ1n) is 5.76. The number of allylic oxidation sites excluding steroid dienone is 2. The number of esters is 2. The van der Waals surface area contributed by atoms with Crippen molar-refractivity contribution in [2.75, 3.05) is 7.11 Å². The zero-order valence-corrected chi connectivity index (χ0v) is 11.4. The van der Waals surface area contributed by atoms with Crippen LogP contribution in [0.15, 0.2) is 23.5 Å². The molecule has 1 aliphatic rings. The summed E-state index contributed by atoms with van der Waals surface area (Å²) >= 11 is 0. The van der Waals surface area contributed by atoms with Crippen LogP contribution >= 0.6 is 0 Å². The number of ether oxygens (including phenoxy) is 2. The van der Waals surface area contributed by atoms with Crippen LogP contribution < -0.4 is 5.32 Å². The van der Waals surface area contributed by atoms with Crippen molar-refractivity contribution in [3.8, 4) is 0 Å². The van der Waals surface area contributed by atoms with Gasteiger partial charge < -0.3 is 14.8 Å². The molecule has 0 fully saturated rings. The minimum atomic E-state index is -0.697. The van der Waals surface area contributed by atoms with E-state index < -0.39 is 17.5 Å². The number of rotatable bonds is 2. The van der Waals surface area contributed by atoms with Gasteiger partial charge in [-0.1, -0.05) is 0 Å². The molecule has 19 heavy (non-hydrogen) atoms. The smallest absolute Gasteiger partial charge is 0.355 e. The predicted octanol–water partition coefficient (Wildman–Crippen LogP) is 0.831. The molecule has 1 N–H and O–H groups in total. The van der Waals surface area contributed by atoms with Crippen molar-refractivity contribution in [2.45, 2.75) is 32.8 Å². The number of nitrogens with one attached hydrogen (secondary N) is 1. The molecule has 0 aromatic rings. The first kappa shape index (κ1) is 14.9. The topological polar surface area (TPSA) is 81.7 Å². The average Bonchev–Trinajstić information content (AvgIpc) is 2.48. The van der Waals surface area contributed by atoms with Crippen LogP contribution in [0.3, 0.4) is 0 Å². The van der Waals surface area contributed by atoms with Crippen molar-refractivity contribution in [1.82, 2.24) is 5.32 Å². The Morgan fingerprint density at radius 1 is 1.21 bits per heavy atom. The summed E-state index contributed by atoms with van der Waals surface area (Å²) in [5, 5.41) is 2.57. The van der Waals surface area contributed by atoms with Gasteiger partial charge in [-0.25, -0.2) is 9.59 Å². The second-order valence-corrected chi connectivity index (χ2v) is 4.96. The van der Waals surface area contributed by atoms with Crippen molar-refractivity contribution in [1.29, 1.82) is 0 Å². The minimum Gasteiger partial charge on any atom is -0.464 e. The lowest BCUT2D eigenvalue weighted by Gasteiger charge is -2.20. The van der Waals surface area contributed by atoms with E-state index in [9.17, 15) is 14.4 Å². The normalized spacial score (nSPS) is 15.7. The number of carbonyl (C=O) groups excluding carboxylic acids is 3. The number of ketones is 1. The molecule has 0 aromatic heterocycles. The Bertz CT molecular complexity index is 468. The fraction of sp³-hybridized carbons (Fsp3) is 0.462. The van der Waals surface area contributed by atoms with E-state index in [0.29, 0.717) is 0 Å². The third-order valence-corrected chi connectivity index (χ3v) is 2.11. The van der Waals surface area contributed by atoms with Gasteiger partial charge in [0.1, 0.15) is 17.0 Å². The molecule has 0 aliphatic carbocycles. The fourth-order valence-electron chi connectivity index (χ4n) is 1.34. The van der Waals surface area contributed by atoms with Crippen LogP contribution in [0.5, 0.6) is 0 Å². The van der Waals surface area contributed by atoms with E-state index in [-0.39, 0.29) is 23.6 Å². The van der Waals surface area contributed by atoms with E-state index in [1.54, 1.807) is 20.8 Å². The monoisotopic (exact) mass is 267 g/mol. The molecule has 0 bridgehead atoms. The molecule has 0 saturated heterocycles. The Balaban J connectivity index is 2.94. The highest BCUT2D eigenvalue weighted by Gasteiger charge is 2.24. The number of carbonyl (C=O) groups is 3. The maximum absolute atomic E-state index is 11.9. The summed E-state index contributed by atoms with van der Waals surface area (Å²) in [5.74, 6) is -1.64. The van der Waals surface area contributed by atoms with Gasteiger partial charge in [0.2, 0.25) is 0 Å². The molecular formula is C13H17NO5. The van der Waals surface area contributed by atoms with Gasteiger partial charge in [-0.3, -0.25) is 4.79 Å². The Morgan fingerprint density at radius 2 is 1.84 bits per heavy atom. The van der Waals surface area contributed by atoms with E-state index in [0.717, 1.165) is 6.08 Å². The van der Waals surface area contributed by atoms with Crippen molar-refractivity contribution in [2.24, 2.45) is 0 Å². The molecule has 0 radical (unpaired) electrons. The highest BCUT2D eigenvalue weighted by molar-refractivity contribution is 6.03. The Hall–Kier alpha value is -2.11. The van der Waals surface area contributed by atoms with E-state index in [1.807, 2.05) is 0 Å². The molecular weight excluding hydrogens is 250 g/mol. The highest BCUT2D eigenvalue weighted by atomic mass is 16.6. The molecule has 1 rings (SSSR count). The zero-order chi connectivity index (χ0) is 14.6. The summed E-state index contributed by atoms with van der Waals surface area (Å²) in [7, 11) is 1.22. The van der Waals surface area contributed by atoms with Crippen LogP contribution in [-0.4, -0.2) is 30.4 Å². The van der Waals surface area contributed by atoms with Gasteiger partial charge in [-0.15, -0.1) is 0 Å². The lowest BCUT2D eigenvalue weighted by molar-refractivity contribution is -0.150. The van der Waals surface area contributed by atoms with Gasteiger partial charge in [0.25, 0.3) is 0 Å². The van der Waals surface area contributed by atoms with Gasteiger partial charge in [-0.2, -0.15) is 0 Å². The van der Waals surface area contributed by atoms with Crippen LogP contribution in [0, 0.1) is 0 Å². The average molecular weight is 267 g/mol. The number of hydrogen-bond acceptors (Lipinski definition) is 6. The third kappa shape index (κ3) is 4.57. The van der Waals surface area contributed by atoms with Crippen molar-refractivity contribution in [3.05, 3.63) is 23.5 Å². The summed E-state index contributed by atoms with van der Waals surface area (Å²) < 4.78 is 9.69. The zero-order valence-electron chi connectivity index (χ0n) is 11.4. The van der Waals surface area contributed by atoms with Crippen molar-refractivity contribution >= 4 is 17.7 Å². The minimum absolute atomic E-state index is 0.0176. The third-order valence-electron chi connectivity index (χ3n) is 2.11. The summed E-state index contributed by atoms with van der Waals surface area (Å²) in [6, 6.07) is 0. The largest absolute Gasteiger partial charge is 0.464 e. The van der Waals surface area contributed by atoms with E-state index in [4.69, 9.17) is 4.74 Å². The van der Waals surface area contributed by atoms with Crippen LogP contribution in [0.1, 0.15) is 27.2 Å². The van der Waals surface area contributed by atoms with Gasteiger partial charge >= 0.3 is 11.9 Å². The van der Waals surface area contributed by atoms with Gasteiger partial charge in [0.15, 0.2) is 5.78 Å². The SMILES string of the molecule is COC(=O)C1=CCC(=O)C=C(C(=O)OC(C)(C)C)N1. The molecule has 0 saturated carbocycles. The maximum Gasteiger partial charge on any atom is 0.355 e. The first-order valence-corrected chi connectivity index (χ1v) is 5.76. The standard InChI is InChI=1S/C13H17NO5/c1-13(2,3)19-12(17)10-7-8(15)5-6-9(14-10)11(16)18-4/h6-7,14H,5H2,1-4H3. The van der Waals surface area contributed by atoms with Crippen molar-refractivity contribution in [3.63, 3.8) is 0 Å². The Kier molecular flexibility index (Phi) is 4.47. The molecule has 0 unspecified atom stereocenters. The quantitative estimate of drug-likeness (QED) is 0.746. The van der Waals surface area contributed by atoms with Gasteiger partial charge in [0.05, 0.1) is 7.11 Å². The van der Waals surface area contributed by atoms with Crippen LogP contribution in [0.4, 0.5) is 0 Å². The second kappa shape index (κ2) is 5.69. The van der Waals surface area contributed by atoms with Crippen molar-refractivity contribution < 1.29 is 23.9 Å². The summed E-state index contributed by atoms with van der Waals surface area (Å²) in [6.45, 7) is 5.13. The predicted molar refractivity (Wildman–Crippen MR) is 66.8 cm³/mol. The summed E-state index contributed by atoms with van der Waals surface area (Å²) in [5.41, 5.74) is -0.719. The molecule has 0 aromatic carbocycles. The summed E-state index contributed by atoms with van der Waals surface area (Å²) in [6.07, 6.45) is 2.52. The molecule has 1 heterocycles. The van der Waals surface area contributed by atoms with Gasteiger partial charge in [-0.05, 0) is 26.8 Å². The molecule has 6 heteroatoms. The highest BCUT2D eigenvalue weighted by Crippen LogP contribution is 2.13. The molecule has 1 aliphatic heterocycles. The Labute approximate surface area is 111 Å². The molecule has 104 valence electrons. The van der Waals surface area contributed by atoms with Crippen LogP contribution in [-0.2, 0) is 23.9 Å². The molecule has 0 spiro atoms. The molecule has 0 atom stereocenters. The number of methoxy groups -OCH3 is 1. The summed E-state index contributed by atoms with van der Waals surface area (Å²) in [4.78, 5) is 34.8. The number of hydrogen-bond donors (Lipinski definition) is 1. The van der Waals surface area contributed by atoms with Crippen LogP contribution in [0.2, 0.25) is 0 Å². The Morgan fingerprint density at radius 3 is 2.37 bits per heavy atom. The van der Waals surface area contributed by atoms with E-state index in [1.165, 1.54) is 13.2 Å². The lowest BCUT2D eigenvalue weighted by Crippen LogP contribution is -2.31.